The summed E-state index contributed by atoms with van der Waals surface area (Å²) in [4.78, 5) is 0. The Bertz CT molecular complexity index is 129. The van der Waals surface area contributed by atoms with Gasteiger partial charge in [-0.1, -0.05) is 0 Å². The molecule has 12 heavy (non-hydrogen) atoms. The molecule has 5 heteroatoms. The van der Waals surface area contributed by atoms with E-state index in [1.165, 1.54) is 6.66 Å². The standard InChI is InChI=1S/C7H16O4P/c1-7(9-2)6-10-4-5-11-12(3)8/h7H,4-6H2,1-3H3/q+1. The van der Waals surface area contributed by atoms with E-state index in [2.05, 4.69) is 0 Å². The average Bonchev–Trinajstić information content (AvgIpc) is 2.03. The number of methoxy groups -OCH3 is 1. The van der Waals surface area contributed by atoms with Crippen LogP contribution in [-0.2, 0) is 18.6 Å². The maximum atomic E-state index is 10.4. The van der Waals surface area contributed by atoms with Gasteiger partial charge in [0, 0.05) is 7.11 Å². The second-order valence-electron chi connectivity index (χ2n) is 2.39. The van der Waals surface area contributed by atoms with Gasteiger partial charge in [0.25, 0.3) is 0 Å². The third-order valence-electron chi connectivity index (χ3n) is 1.26. The van der Waals surface area contributed by atoms with Crippen molar-refractivity contribution >= 4 is 8.03 Å². The lowest BCUT2D eigenvalue weighted by molar-refractivity contribution is 0.0103. The first-order valence-corrected chi connectivity index (χ1v) is 5.43. The Morgan fingerprint density at radius 2 is 2.08 bits per heavy atom. The monoisotopic (exact) mass is 195 g/mol. The molecule has 0 rings (SSSR count). The van der Waals surface area contributed by atoms with Gasteiger partial charge >= 0.3 is 8.03 Å². The van der Waals surface area contributed by atoms with Crippen molar-refractivity contribution in [2.24, 2.45) is 0 Å². The van der Waals surface area contributed by atoms with Crippen LogP contribution in [0.3, 0.4) is 0 Å². The van der Waals surface area contributed by atoms with Gasteiger partial charge in [0.1, 0.15) is 6.61 Å². The van der Waals surface area contributed by atoms with Crippen LogP contribution in [0, 0.1) is 0 Å². The highest BCUT2D eigenvalue weighted by Crippen LogP contribution is 2.13. The zero-order valence-corrected chi connectivity index (χ0v) is 8.67. The first-order valence-electron chi connectivity index (χ1n) is 3.81. The van der Waals surface area contributed by atoms with Crippen LogP contribution in [0.4, 0.5) is 0 Å². The Morgan fingerprint density at radius 1 is 1.42 bits per heavy atom. The highest BCUT2D eigenvalue weighted by atomic mass is 31.1. The minimum Gasteiger partial charge on any atom is -0.379 e. The SMILES string of the molecule is COC(C)COCCO[P+](C)=O. The highest BCUT2D eigenvalue weighted by Gasteiger charge is 2.05. The van der Waals surface area contributed by atoms with Crippen molar-refractivity contribution < 1.29 is 18.6 Å². The van der Waals surface area contributed by atoms with E-state index in [-0.39, 0.29) is 6.10 Å². The molecule has 0 aromatic carbocycles. The second kappa shape index (κ2) is 7.62. The van der Waals surface area contributed by atoms with Gasteiger partial charge < -0.3 is 9.47 Å². The minimum absolute atomic E-state index is 0.0976. The van der Waals surface area contributed by atoms with Crippen LogP contribution in [0.15, 0.2) is 0 Å². The zero-order valence-electron chi connectivity index (χ0n) is 7.78. The molecule has 0 bridgehead atoms. The van der Waals surface area contributed by atoms with Crippen molar-refractivity contribution in [2.75, 3.05) is 33.6 Å². The van der Waals surface area contributed by atoms with Crippen LogP contribution in [0.2, 0.25) is 0 Å². The van der Waals surface area contributed by atoms with Crippen LogP contribution < -0.4 is 0 Å². The molecule has 0 radical (unpaired) electrons. The average molecular weight is 195 g/mol. The molecule has 0 saturated carbocycles. The second-order valence-corrected chi connectivity index (χ2v) is 3.53. The minimum atomic E-state index is -1.50. The lowest BCUT2D eigenvalue weighted by Gasteiger charge is -2.08. The maximum absolute atomic E-state index is 10.4. The van der Waals surface area contributed by atoms with Gasteiger partial charge in [-0.2, -0.15) is 0 Å². The van der Waals surface area contributed by atoms with Crippen molar-refractivity contribution in [2.45, 2.75) is 13.0 Å². The molecular formula is C7H16O4P+. The van der Waals surface area contributed by atoms with E-state index in [1.807, 2.05) is 6.92 Å². The van der Waals surface area contributed by atoms with Gasteiger partial charge in [-0.25, -0.2) is 0 Å². The molecule has 0 heterocycles. The largest absolute Gasteiger partial charge is 0.504 e. The van der Waals surface area contributed by atoms with Crippen LogP contribution in [0.25, 0.3) is 0 Å². The molecule has 2 unspecified atom stereocenters. The zero-order chi connectivity index (χ0) is 9.40. The molecule has 0 amide bonds. The van der Waals surface area contributed by atoms with E-state index < -0.39 is 8.03 Å². The molecule has 0 N–H and O–H groups in total. The van der Waals surface area contributed by atoms with Gasteiger partial charge in [0.15, 0.2) is 6.66 Å². The number of hydrogen-bond donors (Lipinski definition) is 0. The first kappa shape index (κ1) is 12.0. The van der Waals surface area contributed by atoms with Crippen molar-refractivity contribution in [3.63, 3.8) is 0 Å². The Morgan fingerprint density at radius 3 is 2.58 bits per heavy atom. The predicted octanol–water partition coefficient (Wildman–Crippen LogP) is 1.43. The molecule has 4 nitrogen and oxygen atoms in total. The fourth-order valence-electron chi connectivity index (χ4n) is 0.542. The lowest BCUT2D eigenvalue weighted by Crippen LogP contribution is -2.15. The Balaban J connectivity index is 3.05. The van der Waals surface area contributed by atoms with Crippen LogP contribution in [0.5, 0.6) is 0 Å². The van der Waals surface area contributed by atoms with E-state index in [9.17, 15) is 4.57 Å². The van der Waals surface area contributed by atoms with Crippen LogP contribution >= 0.6 is 8.03 Å². The predicted molar refractivity (Wildman–Crippen MR) is 46.8 cm³/mol. The topological polar surface area (TPSA) is 44.8 Å². The molecule has 72 valence electrons. The van der Waals surface area contributed by atoms with E-state index in [4.69, 9.17) is 14.0 Å². The summed E-state index contributed by atoms with van der Waals surface area (Å²) in [6, 6.07) is 0. The summed E-state index contributed by atoms with van der Waals surface area (Å²) >= 11 is 0. The Labute approximate surface area is 74.1 Å². The summed E-state index contributed by atoms with van der Waals surface area (Å²) in [7, 11) is 0.135. The van der Waals surface area contributed by atoms with Gasteiger partial charge in [-0.3, -0.25) is 0 Å². The summed E-state index contributed by atoms with van der Waals surface area (Å²) in [5, 5.41) is 0. The summed E-state index contributed by atoms with van der Waals surface area (Å²) in [6.07, 6.45) is 0.0976. The first-order chi connectivity index (χ1) is 5.66. The van der Waals surface area contributed by atoms with Gasteiger partial charge in [-0.05, 0) is 11.5 Å². The molecule has 0 aliphatic heterocycles. The summed E-state index contributed by atoms with van der Waals surface area (Å²) in [5.41, 5.74) is 0. The van der Waals surface area contributed by atoms with Crippen molar-refractivity contribution in [1.29, 1.82) is 0 Å². The van der Waals surface area contributed by atoms with Gasteiger partial charge in [-0.15, -0.1) is 4.52 Å². The fourth-order valence-corrected chi connectivity index (χ4v) is 0.874. The molecule has 0 aromatic rings. The molecular weight excluding hydrogens is 179 g/mol. The lowest BCUT2D eigenvalue weighted by atomic mass is 10.4. The molecule has 0 fully saturated rings. The Hall–Kier alpha value is -0.0200. The van der Waals surface area contributed by atoms with Crippen LogP contribution in [-0.4, -0.2) is 39.7 Å². The number of hydrogen-bond acceptors (Lipinski definition) is 4. The number of ether oxygens (including phenoxy) is 2. The maximum Gasteiger partial charge on any atom is 0.504 e. The van der Waals surface area contributed by atoms with E-state index >= 15 is 0 Å². The normalized spacial score (nSPS) is 14.4. The van der Waals surface area contributed by atoms with E-state index in [1.54, 1.807) is 7.11 Å². The van der Waals surface area contributed by atoms with Gasteiger partial charge in [0.05, 0.1) is 19.3 Å². The molecule has 2 atom stereocenters. The molecule has 0 aromatic heterocycles. The third-order valence-corrected chi connectivity index (χ3v) is 1.80. The number of rotatable bonds is 7. The van der Waals surface area contributed by atoms with Crippen molar-refractivity contribution in [1.82, 2.24) is 0 Å². The molecule has 0 saturated heterocycles. The summed E-state index contributed by atoms with van der Waals surface area (Å²) in [5.74, 6) is 0. The van der Waals surface area contributed by atoms with Crippen molar-refractivity contribution in [3.8, 4) is 0 Å². The molecule has 0 spiro atoms. The third kappa shape index (κ3) is 8.08. The Kier molecular flexibility index (Phi) is 7.61. The van der Waals surface area contributed by atoms with E-state index in [0.717, 1.165) is 0 Å². The highest BCUT2D eigenvalue weighted by molar-refractivity contribution is 7.38. The summed E-state index contributed by atoms with van der Waals surface area (Å²) < 4.78 is 25.4. The van der Waals surface area contributed by atoms with E-state index in [0.29, 0.717) is 19.8 Å². The molecule has 0 aliphatic rings. The smallest absolute Gasteiger partial charge is 0.379 e. The molecule has 0 aliphatic carbocycles. The van der Waals surface area contributed by atoms with Crippen molar-refractivity contribution in [3.05, 3.63) is 0 Å². The quantitative estimate of drug-likeness (QED) is 0.455. The van der Waals surface area contributed by atoms with Gasteiger partial charge in [0.2, 0.25) is 0 Å². The van der Waals surface area contributed by atoms with Crippen LogP contribution in [0.1, 0.15) is 6.92 Å². The fraction of sp³-hybridized carbons (Fsp3) is 1.00. The summed E-state index contributed by atoms with van der Waals surface area (Å²) in [6.45, 7) is 4.82.